The lowest BCUT2D eigenvalue weighted by atomic mass is 9.93. The third kappa shape index (κ3) is 3.23. The number of nitrogens with zero attached hydrogens (tertiary/aromatic N) is 3. The third-order valence-electron chi connectivity index (χ3n) is 4.93. The summed E-state index contributed by atoms with van der Waals surface area (Å²) >= 11 is 1.23. The minimum atomic E-state index is -0.775. The molecule has 0 radical (unpaired) electrons. The van der Waals surface area contributed by atoms with Gasteiger partial charge in [-0.3, -0.25) is 14.5 Å². The van der Waals surface area contributed by atoms with Gasteiger partial charge in [-0.05, 0) is 38.0 Å². The van der Waals surface area contributed by atoms with Crippen molar-refractivity contribution in [3.8, 4) is 0 Å². The molecule has 1 saturated heterocycles. The van der Waals surface area contributed by atoms with E-state index in [9.17, 15) is 14.7 Å². The molecule has 0 aliphatic carbocycles. The molecule has 2 heterocycles. The highest BCUT2D eigenvalue weighted by atomic mass is 32.1. The van der Waals surface area contributed by atoms with Crippen molar-refractivity contribution in [2.24, 2.45) is 0 Å². The highest BCUT2D eigenvalue weighted by molar-refractivity contribution is 7.15. The summed E-state index contributed by atoms with van der Waals surface area (Å²) in [7, 11) is 0. The van der Waals surface area contributed by atoms with Gasteiger partial charge in [-0.15, -0.1) is 10.2 Å². The monoisotopic (exact) mass is 405 g/mol. The van der Waals surface area contributed by atoms with Crippen LogP contribution in [0.1, 0.15) is 33.3 Å². The number of amides is 1. The van der Waals surface area contributed by atoms with Gasteiger partial charge in [0, 0.05) is 5.56 Å². The predicted molar refractivity (Wildman–Crippen MR) is 112 cm³/mol. The van der Waals surface area contributed by atoms with Crippen LogP contribution in [0.4, 0.5) is 5.13 Å². The van der Waals surface area contributed by atoms with Gasteiger partial charge in [0.2, 0.25) is 5.13 Å². The van der Waals surface area contributed by atoms with Gasteiger partial charge < -0.3 is 5.11 Å². The lowest BCUT2D eigenvalue weighted by Gasteiger charge is -2.22. The molecule has 0 saturated carbocycles. The fourth-order valence-corrected chi connectivity index (χ4v) is 4.21. The first kappa shape index (κ1) is 19.0. The van der Waals surface area contributed by atoms with Crippen LogP contribution < -0.4 is 4.90 Å². The maximum atomic E-state index is 13.0. The third-order valence-corrected chi connectivity index (χ3v) is 5.77. The Morgan fingerprint density at radius 2 is 1.76 bits per heavy atom. The zero-order chi connectivity index (χ0) is 20.7. The molecular weight excluding hydrogens is 386 g/mol. The van der Waals surface area contributed by atoms with Crippen molar-refractivity contribution < 1.29 is 14.7 Å². The molecule has 0 spiro atoms. The van der Waals surface area contributed by atoms with Crippen LogP contribution in [-0.2, 0) is 9.59 Å². The number of ketones is 1. The van der Waals surface area contributed by atoms with Gasteiger partial charge in [0.1, 0.15) is 10.8 Å². The van der Waals surface area contributed by atoms with Gasteiger partial charge in [0.25, 0.3) is 5.78 Å². The summed E-state index contributed by atoms with van der Waals surface area (Å²) in [4.78, 5) is 27.3. The molecule has 0 bridgehead atoms. The Hall–Kier alpha value is -3.32. The Morgan fingerprint density at radius 3 is 2.41 bits per heavy atom. The van der Waals surface area contributed by atoms with Crippen LogP contribution in [0.3, 0.4) is 0 Å². The van der Waals surface area contributed by atoms with E-state index in [4.69, 9.17) is 0 Å². The lowest BCUT2D eigenvalue weighted by Crippen LogP contribution is -2.29. The van der Waals surface area contributed by atoms with Gasteiger partial charge in [-0.1, -0.05) is 59.4 Å². The van der Waals surface area contributed by atoms with E-state index < -0.39 is 17.7 Å². The average Bonchev–Trinajstić information content (AvgIpc) is 3.25. The van der Waals surface area contributed by atoms with Crippen molar-refractivity contribution in [3.05, 3.63) is 81.4 Å². The molecule has 1 N–H and O–H groups in total. The van der Waals surface area contributed by atoms with E-state index in [1.54, 1.807) is 6.92 Å². The van der Waals surface area contributed by atoms with Crippen molar-refractivity contribution in [1.29, 1.82) is 0 Å². The zero-order valence-electron chi connectivity index (χ0n) is 16.2. The van der Waals surface area contributed by atoms with Crippen molar-refractivity contribution >= 4 is 33.9 Å². The number of benzene rings is 2. The zero-order valence-corrected chi connectivity index (χ0v) is 17.0. The molecule has 1 atom stereocenters. The van der Waals surface area contributed by atoms with Crippen LogP contribution in [0.15, 0.2) is 54.1 Å². The standard InChI is InChI=1S/C22H19N3O3S/c1-12-9-10-13(2)16(11-12)19(26)17-18(15-7-5-4-6-8-15)25(21(28)20(17)27)22-24-23-14(3)29-22/h4-11,18,26H,1-3H3/b19-17-. The summed E-state index contributed by atoms with van der Waals surface area (Å²) in [5.74, 6) is -1.63. The maximum Gasteiger partial charge on any atom is 0.301 e. The number of carbonyl (C=O) groups excluding carboxylic acids is 2. The second-order valence-electron chi connectivity index (χ2n) is 7.00. The number of Topliss-reactive ketones (excluding diaryl/α,β-unsaturated/α-hetero) is 1. The van der Waals surface area contributed by atoms with Gasteiger partial charge in [-0.2, -0.15) is 0 Å². The van der Waals surface area contributed by atoms with E-state index in [-0.39, 0.29) is 11.3 Å². The molecule has 1 aromatic heterocycles. The van der Waals surface area contributed by atoms with Gasteiger partial charge >= 0.3 is 5.91 Å². The number of hydrogen-bond acceptors (Lipinski definition) is 6. The van der Waals surface area contributed by atoms with Crippen LogP contribution in [0.25, 0.3) is 5.76 Å². The number of anilines is 1. The number of aliphatic hydroxyl groups is 1. The second-order valence-corrected chi connectivity index (χ2v) is 8.16. The lowest BCUT2D eigenvalue weighted by molar-refractivity contribution is -0.132. The predicted octanol–water partition coefficient (Wildman–Crippen LogP) is 4.09. The van der Waals surface area contributed by atoms with Gasteiger partial charge in [0.15, 0.2) is 0 Å². The first-order valence-electron chi connectivity index (χ1n) is 9.12. The van der Waals surface area contributed by atoms with E-state index in [1.165, 1.54) is 16.2 Å². The SMILES string of the molecule is Cc1ccc(C)c(/C(O)=C2/C(=O)C(=O)N(c3nnc(C)s3)C2c2ccccc2)c1. The van der Waals surface area contributed by atoms with Crippen molar-refractivity contribution in [2.45, 2.75) is 26.8 Å². The summed E-state index contributed by atoms with van der Waals surface area (Å²) in [6.45, 7) is 5.55. The van der Waals surface area contributed by atoms with E-state index in [0.717, 1.165) is 11.1 Å². The van der Waals surface area contributed by atoms with E-state index in [2.05, 4.69) is 10.2 Å². The van der Waals surface area contributed by atoms with Crippen LogP contribution in [0.2, 0.25) is 0 Å². The number of rotatable bonds is 3. The van der Waals surface area contributed by atoms with E-state index in [1.807, 2.05) is 62.4 Å². The second kappa shape index (κ2) is 7.25. The number of carbonyl (C=O) groups is 2. The minimum absolute atomic E-state index is 0.0581. The molecule has 1 unspecified atom stereocenters. The number of hydrogen-bond donors (Lipinski definition) is 1. The van der Waals surface area contributed by atoms with Crippen molar-refractivity contribution in [1.82, 2.24) is 10.2 Å². The normalized spacial score (nSPS) is 18.4. The minimum Gasteiger partial charge on any atom is -0.507 e. The molecule has 29 heavy (non-hydrogen) atoms. The Bertz CT molecular complexity index is 1150. The fourth-order valence-electron chi connectivity index (χ4n) is 3.50. The van der Waals surface area contributed by atoms with Crippen LogP contribution in [0.5, 0.6) is 0 Å². The van der Waals surface area contributed by atoms with E-state index >= 15 is 0 Å². The van der Waals surface area contributed by atoms with E-state index in [0.29, 0.717) is 21.3 Å². The quantitative estimate of drug-likeness (QED) is 0.403. The highest BCUT2D eigenvalue weighted by Gasteiger charge is 2.48. The molecule has 1 aliphatic heterocycles. The molecule has 1 amide bonds. The smallest absolute Gasteiger partial charge is 0.301 e. The Kier molecular flexibility index (Phi) is 4.76. The van der Waals surface area contributed by atoms with Gasteiger partial charge in [0.05, 0.1) is 11.6 Å². The molecule has 1 aliphatic rings. The highest BCUT2D eigenvalue weighted by Crippen LogP contribution is 2.43. The van der Waals surface area contributed by atoms with Crippen LogP contribution in [-0.4, -0.2) is 27.0 Å². The molecule has 4 rings (SSSR count). The molecule has 3 aromatic rings. The van der Waals surface area contributed by atoms with Gasteiger partial charge in [-0.25, -0.2) is 0 Å². The summed E-state index contributed by atoms with van der Waals surface area (Å²) in [6, 6.07) is 14.0. The number of aryl methyl sites for hydroxylation is 3. The Morgan fingerprint density at radius 1 is 1.03 bits per heavy atom. The fraction of sp³-hybridized carbons (Fsp3) is 0.182. The Labute approximate surface area is 172 Å². The summed E-state index contributed by atoms with van der Waals surface area (Å²) in [6.07, 6.45) is 0. The average molecular weight is 405 g/mol. The summed E-state index contributed by atoms with van der Waals surface area (Å²) in [5.41, 5.74) is 3.08. The molecule has 146 valence electrons. The molecule has 6 nitrogen and oxygen atoms in total. The summed E-state index contributed by atoms with van der Waals surface area (Å²) < 4.78 is 0. The van der Waals surface area contributed by atoms with Crippen molar-refractivity contribution in [3.63, 3.8) is 0 Å². The molecular formula is C22H19N3O3S. The largest absolute Gasteiger partial charge is 0.507 e. The molecule has 1 fully saturated rings. The molecule has 2 aromatic carbocycles. The maximum absolute atomic E-state index is 13.0. The van der Waals surface area contributed by atoms with Crippen LogP contribution >= 0.6 is 11.3 Å². The topological polar surface area (TPSA) is 83.4 Å². The van der Waals surface area contributed by atoms with Crippen molar-refractivity contribution in [2.75, 3.05) is 4.90 Å². The Balaban J connectivity index is 1.97. The first-order chi connectivity index (χ1) is 13.9. The summed E-state index contributed by atoms with van der Waals surface area (Å²) in [5, 5.41) is 20.2. The molecule has 7 heteroatoms. The number of aliphatic hydroxyl groups excluding tert-OH is 1. The number of aromatic nitrogens is 2. The van der Waals surface area contributed by atoms with Crippen LogP contribution in [0, 0.1) is 20.8 Å². The first-order valence-corrected chi connectivity index (χ1v) is 9.94.